The first kappa shape index (κ1) is 25.8. The summed E-state index contributed by atoms with van der Waals surface area (Å²) in [6, 6.07) is 0. The number of hydrogen-bond acceptors (Lipinski definition) is 0. The number of hydrogen-bond donors (Lipinski definition) is 0. The van der Waals surface area contributed by atoms with E-state index in [1.807, 2.05) is 5.57 Å². The minimum absolute atomic E-state index is 0.909. The fraction of sp³-hybridized carbons (Fsp3) is 0.929. The molecule has 0 saturated heterocycles. The number of rotatable bonds is 16. The van der Waals surface area contributed by atoms with Crippen molar-refractivity contribution in [3.8, 4) is 0 Å². The Labute approximate surface area is 179 Å². The van der Waals surface area contributed by atoms with Crippen LogP contribution in [0.5, 0.6) is 0 Å². The molecule has 0 nitrogen and oxygen atoms in total. The van der Waals surface area contributed by atoms with Crippen molar-refractivity contribution in [2.24, 2.45) is 17.8 Å². The minimum atomic E-state index is 0.909. The fourth-order valence-electron chi connectivity index (χ4n) is 5.60. The van der Waals surface area contributed by atoms with Crippen molar-refractivity contribution in [2.45, 2.75) is 150 Å². The van der Waals surface area contributed by atoms with Crippen molar-refractivity contribution >= 4 is 0 Å². The summed E-state index contributed by atoms with van der Waals surface area (Å²) in [5.41, 5.74) is 1.89. The second-order valence-electron chi connectivity index (χ2n) is 9.68. The first-order valence-corrected chi connectivity index (χ1v) is 13.5. The Morgan fingerprint density at radius 1 is 0.679 bits per heavy atom. The fourth-order valence-corrected chi connectivity index (χ4v) is 5.60. The molecule has 1 aliphatic rings. The molecular formula is C28H54. The predicted octanol–water partition coefficient (Wildman–Crippen LogP) is 10.3. The zero-order valence-corrected chi connectivity index (χ0v) is 20.2. The van der Waals surface area contributed by atoms with Crippen LogP contribution in [0, 0.1) is 17.8 Å². The lowest BCUT2D eigenvalue weighted by Gasteiger charge is -2.38. The summed E-state index contributed by atoms with van der Waals surface area (Å²) in [5.74, 6) is 2.89. The van der Waals surface area contributed by atoms with E-state index in [1.165, 1.54) is 122 Å². The Bertz CT molecular complexity index is 366. The van der Waals surface area contributed by atoms with Crippen molar-refractivity contribution in [2.75, 3.05) is 0 Å². The second-order valence-corrected chi connectivity index (χ2v) is 9.68. The molecule has 3 unspecified atom stereocenters. The summed E-state index contributed by atoms with van der Waals surface area (Å²) in [7, 11) is 0. The molecule has 0 spiro atoms. The van der Waals surface area contributed by atoms with Crippen molar-refractivity contribution in [3.63, 3.8) is 0 Å². The van der Waals surface area contributed by atoms with Crippen molar-refractivity contribution in [3.05, 3.63) is 11.6 Å². The van der Waals surface area contributed by atoms with Crippen molar-refractivity contribution in [1.82, 2.24) is 0 Å². The van der Waals surface area contributed by atoms with E-state index >= 15 is 0 Å². The van der Waals surface area contributed by atoms with Crippen molar-refractivity contribution in [1.29, 1.82) is 0 Å². The van der Waals surface area contributed by atoms with Gasteiger partial charge in [0.25, 0.3) is 0 Å². The van der Waals surface area contributed by atoms with Crippen LogP contribution in [0.1, 0.15) is 150 Å². The van der Waals surface area contributed by atoms with Gasteiger partial charge >= 0.3 is 0 Å². The maximum absolute atomic E-state index is 2.72. The SMILES string of the molecule is CCCCCC1=CCCCC(CCCCC)C(CCCCC)C1CCCCC. The van der Waals surface area contributed by atoms with E-state index in [0.29, 0.717) is 0 Å². The van der Waals surface area contributed by atoms with Gasteiger partial charge in [-0.1, -0.05) is 116 Å². The molecule has 28 heavy (non-hydrogen) atoms. The van der Waals surface area contributed by atoms with Crippen LogP contribution >= 0.6 is 0 Å². The number of allylic oxidation sites excluding steroid dienone is 2. The highest BCUT2D eigenvalue weighted by Gasteiger charge is 2.31. The topological polar surface area (TPSA) is 0 Å². The lowest BCUT2D eigenvalue weighted by Crippen LogP contribution is -2.27. The van der Waals surface area contributed by atoms with Crippen LogP contribution < -0.4 is 0 Å². The maximum Gasteiger partial charge on any atom is -0.0172 e. The van der Waals surface area contributed by atoms with Gasteiger partial charge in [-0.3, -0.25) is 0 Å². The smallest absolute Gasteiger partial charge is 0.0172 e. The molecule has 1 aliphatic carbocycles. The van der Waals surface area contributed by atoms with E-state index in [1.54, 1.807) is 0 Å². The molecule has 0 aromatic heterocycles. The summed E-state index contributed by atoms with van der Waals surface area (Å²) < 4.78 is 0. The van der Waals surface area contributed by atoms with Crippen molar-refractivity contribution < 1.29 is 0 Å². The molecule has 0 N–H and O–H groups in total. The van der Waals surface area contributed by atoms with Crippen LogP contribution in [0.4, 0.5) is 0 Å². The molecule has 0 bridgehead atoms. The Morgan fingerprint density at radius 3 is 1.89 bits per heavy atom. The van der Waals surface area contributed by atoms with E-state index in [0.717, 1.165) is 17.8 Å². The summed E-state index contributed by atoms with van der Waals surface area (Å²) in [6.07, 6.45) is 29.9. The molecule has 0 aliphatic heterocycles. The predicted molar refractivity (Wildman–Crippen MR) is 129 cm³/mol. The summed E-state index contributed by atoms with van der Waals surface area (Å²) in [6.45, 7) is 9.44. The van der Waals surface area contributed by atoms with Gasteiger partial charge in [-0.25, -0.2) is 0 Å². The third-order valence-electron chi connectivity index (χ3n) is 7.29. The van der Waals surface area contributed by atoms with E-state index in [4.69, 9.17) is 0 Å². The average molecular weight is 391 g/mol. The van der Waals surface area contributed by atoms with E-state index in [2.05, 4.69) is 33.8 Å². The molecule has 0 saturated carbocycles. The molecular weight excluding hydrogens is 336 g/mol. The molecule has 166 valence electrons. The van der Waals surface area contributed by atoms with Crippen LogP contribution in [-0.2, 0) is 0 Å². The monoisotopic (exact) mass is 390 g/mol. The molecule has 0 heterocycles. The molecule has 0 amide bonds. The highest BCUT2D eigenvalue weighted by atomic mass is 14.4. The van der Waals surface area contributed by atoms with E-state index < -0.39 is 0 Å². The molecule has 0 radical (unpaired) electrons. The molecule has 0 aromatic carbocycles. The largest absolute Gasteiger partial charge is 0.0850 e. The zero-order chi connectivity index (χ0) is 20.5. The van der Waals surface area contributed by atoms with Crippen LogP contribution in [0.3, 0.4) is 0 Å². The summed E-state index contributed by atoms with van der Waals surface area (Å²) >= 11 is 0. The lowest BCUT2D eigenvalue weighted by molar-refractivity contribution is 0.182. The Morgan fingerprint density at radius 2 is 1.25 bits per heavy atom. The van der Waals surface area contributed by atoms with Gasteiger partial charge in [0, 0.05) is 0 Å². The molecule has 0 aromatic rings. The zero-order valence-electron chi connectivity index (χ0n) is 20.2. The summed E-state index contributed by atoms with van der Waals surface area (Å²) in [4.78, 5) is 0. The third-order valence-corrected chi connectivity index (χ3v) is 7.29. The Kier molecular flexibility index (Phi) is 16.2. The third kappa shape index (κ3) is 10.5. The first-order chi connectivity index (χ1) is 13.8. The molecule has 0 fully saturated rings. The maximum atomic E-state index is 2.72. The number of unbranched alkanes of at least 4 members (excludes halogenated alkanes) is 8. The van der Waals surface area contributed by atoms with Gasteiger partial charge in [0.1, 0.15) is 0 Å². The van der Waals surface area contributed by atoms with Gasteiger partial charge in [0.15, 0.2) is 0 Å². The Hall–Kier alpha value is -0.260. The lowest BCUT2D eigenvalue weighted by atomic mass is 9.67. The first-order valence-electron chi connectivity index (χ1n) is 13.5. The highest BCUT2D eigenvalue weighted by molar-refractivity contribution is 5.10. The highest BCUT2D eigenvalue weighted by Crippen LogP contribution is 2.43. The van der Waals surface area contributed by atoms with E-state index in [-0.39, 0.29) is 0 Å². The van der Waals surface area contributed by atoms with Gasteiger partial charge in [-0.2, -0.15) is 0 Å². The standard InChI is InChI=1S/C28H54/c1-5-9-13-19-25-21-17-18-22-26(20-14-10-6-2)28(24-16-12-8-4)27(25)23-15-11-7-3/h21,26-28H,5-20,22-24H2,1-4H3. The van der Waals surface area contributed by atoms with Gasteiger partial charge in [-0.15, -0.1) is 0 Å². The molecule has 3 atom stereocenters. The van der Waals surface area contributed by atoms with Crippen LogP contribution in [0.15, 0.2) is 11.6 Å². The average Bonchev–Trinajstić information content (AvgIpc) is 2.69. The molecule has 0 heteroatoms. The van der Waals surface area contributed by atoms with E-state index in [9.17, 15) is 0 Å². The minimum Gasteiger partial charge on any atom is -0.0850 e. The van der Waals surface area contributed by atoms with Gasteiger partial charge in [0.05, 0.1) is 0 Å². The summed E-state index contributed by atoms with van der Waals surface area (Å²) in [5, 5.41) is 0. The quantitative estimate of drug-likeness (QED) is 0.181. The van der Waals surface area contributed by atoms with Gasteiger partial charge in [-0.05, 0) is 62.7 Å². The molecule has 1 rings (SSSR count). The van der Waals surface area contributed by atoms with Gasteiger partial charge < -0.3 is 0 Å². The van der Waals surface area contributed by atoms with Crippen LogP contribution in [-0.4, -0.2) is 0 Å². The van der Waals surface area contributed by atoms with Gasteiger partial charge in [0.2, 0.25) is 0 Å². The Balaban J connectivity index is 2.97. The second kappa shape index (κ2) is 17.6. The van der Waals surface area contributed by atoms with Crippen LogP contribution in [0.25, 0.3) is 0 Å². The normalized spacial score (nSPS) is 23.3. The van der Waals surface area contributed by atoms with Crippen LogP contribution in [0.2, 0.25) is 0 Å².